The van der Waals surface area contributed by atoms with Crippen molar-refractivity contribution in [1.29, 1.82) is 0 Å². The third kappa shape index (κ3) is 8.78. The Bertz CT molecular complexity index is 1850. The maximum Gasteiger partial charge on any atom is 0.419 e. The molecule has 3 aromatic rings. The highest BCUT2D eigenvalue weighted by atomic mass is 32.2. The highest BCUT2D eigenvalue weighted by molar-refractivity contribution is 7.89. The summed E-state index contributed by atoms with van der Waals surface area (Å²) in [5.74, 6) is -0.458. The van der Waals surface area contributed by atoms with Crippen LogP contribution in [0.1, 0.15) is 43.2 Å². The fourth-order valence-electron chi connectivity index (χ4n) is 6.58. The molecule has 0 spiro atoms. The lowest BCUT2D eigenvalue weighted by atomic mass is 10.0. The molecule has 13 nitrogen and oxygen atoms in total. The number of imide groups is 1. The number of aromatic nitrogens is 4. The van der Waals surface area contributed by atoms with Crippen LogP contribution in [0.3, 0.4) is 0 Å². The molecule has 2 N–H and O–H groups in total. The summed E-state index contributed by atoms with van der Waals surface area (Å²) in [6.07, 6.45) is -4.93. The van der Waals surface area contributed by atoms with Gasteiger partial charge in [-0.25, -0.2) is 23.2 Å². The van der Waals surface area contributed by atoms with Crippen LogP contribution in [0.5, 0.6) is 0 Å². The Morgan fingerprint density at radius 2 is 1.67 bits per heavy atom. The number of carbonyl (C=O) groups excluding carboxylic acids is 2. The van der Waals surface area contributed by atoms with Crippen molar-refractivity contribution >= 4 is 27.9 Å². The second-order valence-corrected chi connectivity index (χ2v) is 14.7. The maximum absolute atomic E-state index is 13.7. The van der Waals surface area contributed by atoms with Crippen molar-refractivity contribution in [3.63, 3.8) is 0 Å². The van der Waals surface area contributed by atoms with Gasteiger partial charge >= 0.3 is 18.4 Å². The van der Waals surface area contributed by atoms with Crippen LogP contribution in [-0.4, -0.2) is 105 Å². The number of hydrogen-bond donors (Lipinski definition) is 2. The van der Waals surface area contributed by atoms with E-state index in [0.29, 0.717) is 49.9 Å². The molecule has 5 heterocycles. The van der Waals surface area contributed by atoms with E-state index in [1.165, 1.54) is 10.4 Å². The number of benzene rings is 1. The number of carbonyl (C=O) groups is 2. The first-order valence-corrected chi connectivity index (χ1v) is 17.7. The van der Waals surface area contributed by atoms with E-state index < -0.39 is 40.2 Å². The minimum Gasteiger partial charge on any atom is -0.351 e. The summed E-state index contributed by atoms with van der Waals surface area (Å²) >= 11 is 0. The first kappa shape index (κ1) is 36.5. The summed E-state index contributed by atoms with van der Waals surface area (Å²) in [7, 11) is -3.87. The van der Waals surface area contributed by atoms with Crippen LogP contribution in [0, 0.1) is 0 Å². The van der Waals surface area contributed by atoms with Crippen molar-refractivity contribution in [2.45, 2.75) is 74.5 Å². The molecule has 1 aromatic carbocycles. The Hall–Kier alpha value is -4.30. The Morgan fingerprint density at radius 1 is 0.941 bits per heavy atom. The van der Waals surface area contributed by atoms with Crippen molar-refractivity contribution in [1.82, 2.24) is 39.2 Å². The van der Waals surface area contributed by atoms with E-state index in [1.54, 1.807) is 17.0 Å². The summed E-state index contributed by atoms with van der Waals surface area (Å²) in [5.41, 5.74) is -1.33. The highest BCUT2D eigenvalue weighted by Crippen LogP contribution is 2.36. The lowest BCUT2D eigenvalue weighted by Crippen LogP contribution is -2.55. The van der Waals surface area contributed by atoms with Gasteiger partial charge in [0.1, 0.15) is 12.1 Å². The molecule has 6 rings (SSSR count). The molecule has 0 bridgehead atoms. The van der Waals surface area contributed by atoms with Gasteiger partial charge in [-0.05, 0) is 43.4 Å². The number of sulfonamides is 1. The molecule has 51 heavy (non-hydrogen) atoms. The summed E-state index contributed by atoms with van der Waals surface area (Å²) in [4.78, 5) is 35.5. The van der Waals surface area contributed by atoms with Gasteiger partial charge in [0.25, 0.3) is 0 Å². The molecule has 0 saturated carbocycles. The zero-order valence-corrected chi connectivity index (χ0v) is 27.9. The smallest absolute Gasteiger partial charge is 0.351 e. The predicted molar refractivity (Wildman–Crippen MR) is 169 cm³/mol. The fourth-order valence-corrected chi connectivity index (χ4v) is 8.12. The van der Waals surface area contributed by atoms with Crippen LogP contribution >= 0.6 is 0 Å². The number of likely N-dealkylation sites (tertiary alicyclic amines) is 1. The summed E-state index contributed by atoms with van der Waals surface area (Å²) in [6, 6.07) is 5.99. The second-order valence-electron chi connectivity index (χ2n) is 12.8. The van der Waals surface area contributed by atoms with E-state index in [-0.39, 0.29) is 59.9 Å². The van der Waals surface area contributed by atoms with Crippen molar-refractivity contribution in [3.05, 3.63) is 54.0 Å². The monoisotopic (exact) mass is 743 g/mol. The Balaban J connectivity index is 1.05. The number of nitrogens with one attached hydrogen (secondary N) is 2. The van der Waals surface area contributed by atoms with Gasteiger partial charge in [0.2, 0.25) is 21.9 Å². The zero-order chi connectivity index (χ0) is 36.6. The Labute approximate surface area is 289 Å². The average Bonchev–Trinajstić information content (AvgIpc) is 3.52. The van der Waals surface area contributed by atoms with Crippen LogP contribution in [0.2, 0.25) is 0 Å². The van der Waals surface area contributed by atoms with E-state index >= 15 is 0 Å². The Kier molecular flexibility index (Phi) is 10.3. The second kappa shape index (κ2) is 14.4. The van der Waals surface area contributed by atoms with E-state index in [0.717, 1.165) is 30.8 Å². The molecular formula is C31H35F6N9O4S. The van der Waals surface area contributed by atoms with Crippen molar-refractivity contribution < 1.29 is 44.3 Å². The molecule has 0 radical (unpaired) electrons. The number of piperidine rings is 2. The van der Waals surface area contributed by atoms with Crippen LogP contribution in [0.25, 0.3) is 11.3 Å². The normalized spacial score (nSPS) is 19.4. The summed E-state index contributed by atoms with van der Waals surface area (Å²) < 4.78 is 109. The molecule has 0 aliphatic carbocycles. The highest BCUT2D eigenvalue weighted by Gasteiger charge is 2.37. The van der Waals surface area contributed by atoms with Gasteiger partial charge in [-0.1, -0.05) is 12.1 Å². The van der Waals surface area contributed by atoms with E-state index in [9.17, 15) is 44.3 Å². The minimum atomic E-state index is -4.89. The quantitative estimate of drug-likeness (QED) is 0.310. The van der Waals surface area contributed by atoms with Crippen LogP contribution in [0.15, 0.2) is 47.8 Å². The summed E-state index contributed by atoms with van der Waals surface area (Å²) in [6.45, 7) is 1.07. The van der Waals surface area contributed by atoms with Gasteiger partial charge in [-0.3, -0.25) is 19.7 Å². The molecule has 3 aliphatic rings. The number of urea groups is 1. The van der Waals surface area contributed by atoms with Gasteiger partial charge in [-0.15, -0.1) is 0 Å². The summed E-state index contributed by atoms with van der Waals surface area (Å²) in [5, 5.41) is 8.83. The van der Waals surface area contributed by atoms with Crippen molar-refractivity contribution in [2.24, 2.45) is 0 Å². The third-order valence-electron chi connectivity index (χ3n) is 9.16. The van der Waals surface area contributed by atoms with E-state index in [2.05, 4.69) is 30.6 Å². The van der Waals surface area contributed by atoms with Crippen molar-refractivity contribution in [3.8, 4) is 11.3 Å². The molecule has 3 saturated heterocycles. The minimum absolute atomic E-state index is 0.0306. The molecule has 2 aromatic heterocycles. The third-order valence-corrected chi connectivity index (χ3v) is 11.1. The lowest BCUT2D eigenvalue weighted by Gasteiger charge is -2.39. The molecule has 0 atom stereocenters. The zero-order valence-electron chi connectivity index (χ0n) is 27.1. The lowest BCUT2D eigenvalue weighted by molar-refractivity contribution is -0.142. The number of hydrogen-bond acceptors (Lipinski definition) is 9. The topological polar surface area (TPSA) is 146 Å². The van der Waals surface area contributed by atoms with Crippen LogP contribution in [0.4, 0.5) is 37.1 Å². The van der Waals surface area contributed by atoms with Crippen molar-refractivity contribution in [2.75, 3.05) is 38.0 Å². The molecular weight excluding hydrogens is 708 g/mol. The average molecular weight is 744 g/mol. The Morgan fingerprint density at radius 3 is 2.33 bits per heavy atom. The van der Waals surface area contributed by atoms with Gasteiger partial charge in [-0.2, -0.15) is 35.7 Å². The largest absolute Gasteiger partial charge is 0.419 e. The number of alkyl halides is 6. The number of rotatable bonds is 9. The molecule has 3 fully saturated rings. The molecule has 3 amide bonds. The number of nitrogens with zero attached hydrogens (tertiary/aromatic N) is 7. The maximum atomic E-state index is 13.7. The predicted octanol–water partition coefficient (Wildman–Crippen LogP) is 4.09. The van der Waals surface area contributed by atoms with Crippen LogP contribution < -0.4 is 10.6 Å². The van der Waals surface area contributed by atoms with Crippen LogP contribution in [-0.2, 0) is 34.1 Å². The van der Waals surface area contributed by atoms with E-state index in [4.69, 9.17) is 0 Å². The van der Waals surface area contributed by atoms with E-state index in [1.807, 2.05) is 6.07 Å². The molecule has 3 aliphatic heterocycles. The number of anilines is 1. The standard InChI is InChI=1S/C31H35F6N9O4S/c32-30(33,34)19-44-18-21(15-39-44)27-25(31(35,36)37)16-38-28(42-27)40-22-4-11-45(12-5-22)51(49,50)24-3-1-2-20(14-24)17-43-9-6-23(7-10-43)46-13-8-26(47)41-29(46)48/h1-3,14-16,18,22-23H,4-13,17,19H2,(H,38,40,42)(H,41,47,48). The molecule has 0 unspecified atom stereocenters. The number of halogens is 6. The first-order valence-electron chi connectivity index (χ1n) is 16.3. The SMILES string of the molecule is O=C1CCN(C2CCN(Cc3cccc(S(=O)(=O)N4CCC(Nc5ncc(C(F)(F)F)c(-c6cnn(CC(F)(F)F)c6)n5)CC4)c3)CC2)C(=O)N1. The fraction of sp³-hybridized carbons (Fsp3) is 0.516. The van der Waals surface area contributed by atoms with Gasteiger partial charge < -0.3 is 10.2 Å². The molecule has 20 heteroatoms. The first-order chi connectivity index (χ1) is 24.0. The number of amides is 3. The van der Waals surface area contributed by atoms with Gasteiger partial charge in [0, 0.05) is 75.7 Å². The van der Waals surface area contributed by atoms with Gasteiger partial charge in [0.05, 0.1) is 16.8 Å². The van der Waals surface area contributed by atoms with Gasteiger partial charge in [0.15, 0.2) is 0 Å². The molecule has 276 valence electrons.